The van der Waals surface area contributed by atoms with E-state index >= 15 is 0 Å². The summed E-state index contributed by atoms with van der Waals surface area (Å²) in [6.45, 7) is 2.65. The van der Waals surface area contributed by atoms with E-state index < -0.39 is 0 Å². The number of rotatable bonds is 14. The van der Waals surface area contributed by atoms with E-state index in [4.69, 9.17) is 9.47 Å². The van der Waals surface area contributed by atoms with Gasteiger partial charge in [-0.05, 0) is 56.4 Å². The number of benzene rings is 1. The second kappa shape index (κ2) is 14.8. The van der Waals surface area contributed by atoms with E-state index in [2.05, 4.69) is 19.1 Å². The molecule has 1 aromatic rings. The van der Waals surface area contributed by atoms with Gasteiger partial charge in [0.2, 0.25) is 0 Å². The van der Waals surface area contributed by atoms with E-state index in [1.807, 2.05) is 30.3 Å². The Balaban J connectivity index is 1.68. The van der Waals surface area contributed by atoms with Gasteiger partial charge in [-0.2, -0.15) is 0 Å². The van der Waals surface area contributed by atoms with Crippen molar-refractivity contribution in [3.05, 3.63) is 48.0 Å². The highest BCUT2D eigenvalue weighted by molar-refractivity contribution is 5.70. The van der Waals surface area contributed by atoms with Crippen LogP contribution in [-0.2, 0) is 19.1 Å². The van der Waals surface area contributed by atoms with Crippen LogP contribution < -0.4 is 0 Å². The van der Waals surface area contributed by atoms with Gasteiger partial charge in [-0.1, -0.05) is 68.7 Å². The Kier molecular flexibility index (Phi) is 11.9. The number of ether oxygens (including phenoxy) is 2. The van der Waals surface area contributed by atoms with Crippen molar-refractivity contribution in [1.82, 2.24) is 0 Å². The summed E-state index contributed by atoms with van der Waals surface area (Å²) < 4.78 is 11.1. The zero-order chi connectivity index (χ0) is 21.4. The Labute approximate surface area is 182 Å². The summed E-state index contributed by atoms with van der Waals surface area (Å²) >= 11 is 0. The van der Waals surface area contributed by atoms with Crippen LogP contribution in [0.1, 0.15) is 95.6 Å². The van der Waals surface area contributed by atoms with Gasteiger partial charge in [0.25, 0.3) is 0 Å². The summed E-state index contributed by atoms with van der Waals surface area (Å²) in [6.07, 6.45) is 15.0. The van der Waals surface area contributed by atoms with Crippen LogP contribution in [0.2, 0.25) is 0 Å². The standard InChI is InChI=1S/C26H38O4/c1-2-3-13-20-29-25(27)18-11-6-12-19-26(28)30-24(23-16-9-5-10-17-23)21-22-14-7-4-8-15-22/h5,7,9-10,14,16-17,22,24H,2-4,6,8,11-13,15,18-21H2,1H3. The highest BCUT2D eigenvalue weighted by atomic mass is 16.5. The molecule has 1 aliphatic rings. The fraction of sp³-hybridized carbons (Fsp3) is 0.615. The summed E-state index contributed by atoms with van der Waals surface area (Å²) in [6, 6.07) is 10.0. The van der Waals surface area contributed by atoms with E-state index in [9.17, 15) is 9.59 Å². The second-order valence-electron chi connectivity index (χ2n) is 8.23. The largest absolute Gasteiger partial charge is 0.466 e. The molecule has 166 valence electrons. The van der Waals surface area contributed by atoms with Crippen molar-refractivity contribution >= 4 is 11.9 Å². The van der Waals surface area contributed by atoms with E-state index in [1.54, 1.807) is 0 Å². The molecule has 0 saturated heterocycles. The number of carbonyl (C=O) groups is 2. The first-order chi connectivity index (χ1) is 14.7. The molecule has 2 atom stereocenters. The quantitative estimate of drug-likeness (QED) is 0.193. The molecule has 1 aliphatic carbocycles. The van der Waals surface area contributed by atoms with Gasteiger partial charge in [-0.15, -0.1) is 0 Å². The van der Waals surface area contributed by atoms with Crippen LogP contribution in [0.3, 0.4) is 0 Å². The summed E-state index contributed by atoms with van der Waals surface area (Å²) in [5.74, 6) is 0.198. The van der Waals surface area contributed by atoms with E-state index in [0.717, 1.165) is 63.4 Å². The first kappa shape index (κ1) is 24.2. The highest BCUT2D eigenvalue weighted by Gasteiger charge is 2.21. The number of carbonyl (C=O) groups excluding carboxylic acids is 2. The first-order valence-electron chi connectivity index (χ1n) is 11.8. The third-order valence-electron chi connectivity index (χ3n) is 5.59. The molecule has 0 aliphatic heterocycles. The minimum atomic E-state index is -0.190. The van der Waals surface area contributed by atoms with Crippen LogP contribution in [0.4, 0.5) is 0 Å². The Morgan fingerprint density at radius 1 is 1.00 bits per heavy atom. The predicted octanol–water partition coefficient (Wildman–Crippen LogP) is 6.70. The molecule has 0 radical (unpaired) electrons. The van der Waals surface area contributed by atoms with Crippen LogP contribution in [0.15, 0.2) is 42.5 Å². The zero-order valence-corrected chi connectivity index (χ0v) is 18.5. The highest BCUT2D eigenvalue weighted by Crippen LogP contribution is 2.31. The van der Waals surface area contributed by atoms with Crippen molar-refractivity contribution in [2.24, 2.45) is 5.92 Å². The average Bonchev–Trinajstić information content (AvgIpc) is 2.77. The number of allylic oxidation sites excluding steroid dienone is 2. The molecule has 1 aromatic carbocycles. The number of hydrogen-bond donors (Lipinski definition) is 0. The van der Waals surface area contributed by atoms with Gasteiger partial charge in [0.1, 0.15) is 6.10 Å². The van der Waals surface area contributed by atoms with Gasteiger partial charge < -0.3 is 9.47 Å². The molecular formula is C26H38O4. The maximum Gasteiger partial charge on any atom is 0.306 e. The monoisotopic (exact) mass is 414 g/mol. The number of hydrogen-bond acceptors (Lipinski definition) is 4. The third-order valence-corrected chi connectivity index (χ3v) is 5.59. The van der Waals surface area contributed by atoms with Crippen molar-refractivity contribution in [2.45, 2.75) is 90.1 Å². The molecule has 2 unspecified atom stereocenters. The fourth-order valence-corrected chi connectivity index (χ4v) is 3.82. The molecular weight excluding hydrogens is 376 g/mol. The summed E-state index contributed by atoms with van der Waals surface area (Å²) in [5, 5.41) is 0. The van der Waals surface area contributed by atoms with Crippen molar-refractivity contribution in [3.8, 4) is 0 Å². The lowest BCUT2D eigenvalue weighted by Crippen LogP contribution is -2.15. The lowest BCUT2D eigenvalue weighted by Gasteiger charge is -2.24. The van der Waals surface area contributed by atoms with Gasteiger partial charge in [0, 0.05) is 12.8 Å². The Hall–Kier alpha value is -2.10. The molecule has 0 heterocycles. The van der Waals surface area contributed by atoms with Crippen molar-refractivity contribution in [2.75, 3.05) is 6.61 Å². The smallest absolute Gasteiger partial charge is 0.306 e. The molecule has 0 fully saturated rings. The normalized spacial score (nSPS) is 16.8. The summed E-state index contributed by atoms with van der Waals surface area (Å²) in [5.41, 5.74) is 1.07. The Morgan fingerprint density at radius 3 is 2.47 bits per heavy atom. The molecule has 0 aromatic heterocycles. The van der Waals surface area contributed by atoms with Crippen molar-refractivity contribution < 1.29 is 19.1 Å². The van der Waals surface area contributed by atoms with Crippen molar-refractivity contribution in [3.63, 3.8) is 0 Å². The van der Waals surface area contributed by atoms with E-state index in [-0.39, 0.29) is 18.0 Å². The molecule has 0 saturated carbocycles. The minimum Gasteiger partial charge on any atom is -0.466 e. The molecule has 0 amide bonds. The van der Waals surface area contributed by atoms with Gasteiger partial charge in [-0.25, -0.2) is 0 Å². The Morgan fingerprint density at radius 2 is 1.77 bits per heavy atom. The van der Waals surface area contributed by atoms with Gasteiger partial charge in [0.15, 0.2) is 0 Å². The number of esters is 2. The van der Waals surface area contributed by atoms with Crippen LogP contribution in [0.5, 0.6) is 0 Å². The van der Waals surface area contributed by atoms with Crippen molar-refractivity contribution in [1.29, 1.82) is 0 Å². The third kappa shape index (κ3) is 10.1. The maximum atomic E-state index is 12.4. The fourth-order valence-electron chi connectivity index (χ4n) is 3.82. The molecule has 4 heteroatoms. The molecule has 0 N–H and O–H groups in total. The SMILES string of the molecule is CCCCCOC(=O)CCCCCC(=O)OC(CC1C=CCCC1)c1ccccc1. The topological polar surface area (TPSA) is 52.6 Å². The van der Waals surface area contributed by atoms with Crippen LogP contribution in [-0.4, -0.2) is 18.5 Å². The molecule has 2 rings (SSSR count). The molecule has 0 spiro atoms. The zero-order valence-electron chi connectivity index (χ0n) is 18.5. The minimum absolute atomic E-state index is 0.127. The summed E-state index contributed by atoms with van der Waals surface area (Å²) in [7, 11) is 0. The van der Waals surface area contributed by atoms with Gasteiger partial charge in [0.05, 0.1) is 6.61 Å². The molecule has 4 nitrogen and oxygen atoms in total. The van der Waals surface area contributed by atoms with Gasteiger partial charge >= 0.3 is 11.9 Å². The van der Waals surface area contributed by atoms with E-state index in [0.29, 0.717) is 25.4 Å². The average molecular weight is 415 g/mol. The maximum absolute atomic E-state index is 12.4. The lowest BCUT2D eigenvalue weighted by atomic mass is 9.89. The van der Waals surface area contributed by atoms with E-state index in [1.165, 1.54) is 6.42 Å². The van der Waals surface area contributed by atoms with Gasteiger partial charge in [-0.3, -0.25) is 9.59 Å². The molecule has 30 heavy (non-hydrogen) atoms. The lowest BCUT2D eigenvalue weighted by molar-refractivity contribution is -0.150. The molecule has 0 bridgehead atoms. The van der Waals surface area contributed by atoms with Crippen LogP contribution in [0.25, 0.3) is 0 Å². The van der Waals surface area contributed by atoms with Crippen LogP contribution in [0, 0.1) is 5.92 Å². The first-order valence-corrected chi connectivity index (χ1v) is 11.8. The number of unbranched alkanes of at least 4 members (excludes halogenated alkanes) is 4. The summed E-state index contributed by atoms with van der Waals surface area (Å²) in [4.78, 5) is 24.1. The second-order valence-corrected chi connectivity index (χ2v) is 8.23. The van der Waals surface area contributed by atoms with Crippen LogP contribution >= 0.6 is 0 Å². The predicted molar refractivity (Wildman–Crippen MR) is 120 cm³/mol. The Bertz CT molecular complexity index is 638.